The highest BCUT2D eigenvalue weighted by Gasteiger charge is 2.57. The zero-order chi connectivity index (χ0) is 20.5. The van der Waals surface area contributed by atoms with E-state index >= 15 is 0 Å². The molecule has 28 heavy (non-hydrogen) atoms. The normalized spacial score (nSPS) is 24.4. The van der Waals surface area contributed by atoms with Crippen molar-refractivity contribution >= 4 is 45.9 Å². The molecule has 2 atom stereocenters. The van der Waals surface area contributed by atoms with Gasteiger partial charge in [-0.15, -0.1) is 11.3 Å². The van der Waals surface area contributed by atoms with E-state index in [9.17, 15) is 24.3 Å². The van der Waals surface area contributed by atoms with Crippen LogP contribution in [0.5, 0.6) is 0 Å². The molecule has 148 valence electrons. The predicted molar refractivity (Wildman–Crippen MR) is 90.4 cm³/mol. The molecule has 1 fully saturated rings. The molecule has 0 saturated carbocycles. The molecule has 14 heteroatoms. The number of hydrogen-bond donors (Lipinski definition) is 3. The quantitative estimate of drug-likeness (QED) is 0.275. The lowest BCUT2D eigenvalue weighted by Crippen LogP contribution is -2.56. The van der Waals surface area contributed by atoms with E-state index in [2.05, 4.69) is 20.3 Å². The molecule has 13 nitrogen and oxygen atoms in total. The van der Waals surface area contributed by atoms with Crippen molar-refractivity contribution < 1.29 is 38.7 Å². The zero-order valence-electron chi connectivity index (χ0n) is 14.1. The third-order valence-electron chi connectivity index (χ3n) is 3.65. The van der Waals surface area contributed by atoms with E-state index in [0.717, 1.165) is 23.5 Å². The summed E-state index contributed by atoms with van der Waals surface area (Å²) in [5, 5.41) is 17.4. The highest BCUT2D eigenvalue weighted by atomic mass is 32.1. The number of nitrogens with one attached hydrogen (secondary N) is 1. The molecule has 2 amide bonds. The van der Waals surface area contributed by atoms with Crippen LogP contribution in [0.3, 0.4) is 0 Å². The first-order valence-corrected chi connectivity index (χ1v) is 8.42. The smallest absolute Gasteiger partial charge is 0.377 e. The Morgan fingerprint density at radius 3 is 2.82 bits per heavy atom. The molecular weight excluding hydrogens is 398 g/mol. The molecule has 0 spiro atoms. The first-order valence-electron chi connectivity index (χ1n) is 7.54. The minimum atomic E-state index is -2.44. The van der Waals surface area contributed by atoms with Gasteiger partial charge in [0.1, 0.15) is 25.5 Å². The lowest BCUT2D eigenvalue weighted by molar-refractivity contribution is -0.246. The number of carboxylic acid groups (broad SMARTS) is 1. The van der Waals surface area contributed by atoms with E-state index in [0.29, 0.717) is 5.06 Å². The van der Waals surface area contributed by atoms with Crippen LogP contribution in [0.15, 0.2) is 22.7 Å². The number of nitrogen functional groups attached to an aromatic ring is 1. The number of hydroxylamine groups is 2. The van der Waals surface area contributed by atoms with Gasteiger partial charge in [0, 0.05) is 17.5 Å². The monoisotopic (exact) mass is 411 g/mol. The molecule has 1 aromatic heterocycles. The van der Waals surface area contributed by atoms with Crippen LogP contribution in [0.2, 0.25) is 0 Å². The molecule has 1 aromatic rings. The summed E-state index contributed by atoms with van der Waals surface area (Å²) in [6.45, 7) is -0.398. The van der Waals surface area contributed by atoms with E-state index in [1.54, 1.807) is 0 Å². The summed E-state index contributed by atoms with van der Waals surface area (Å²) in [4.78, 5) is 61.6. The van der Waals surface area contributed by atoms with Gasteiger partial charge in [0.15, 0.2) is 10.8 Å². The van der Waals surface area contributed by atoms with Crippen molar-refractivity contribution in [3.8, 4) is 0 Å². The number of nitrogens with two attached hydrogens (primary N) is 1. The Kier molecular flexibility index (Phi) is 4.98. The molecule has 4 N–H and O–H groups in total. The second-order valence-corrected chi connectivity index (χ2v) is 6.29. The van der Waals surface area contributed by atoms with Crippen molar-refractivity contribution in [1.82, 2.24) is 15.4 Å². The second kappa shape index (κ2) is 7.24. The SMILES string of the molecule is CO/N=C(\C(=O)NC1CON(C2(C(=O)O)C=CC(=O)O2)C1=O)c1csc(N)n1. The van der Waals surface area contributed by atoms with Gasteiger partial charge in [-0.2, -0.15) is 5.06 Å². The van der Waals surface area contributed by atoms with Gasteiger partial charge >= 0.3 is 17.7 Å². The Balaban J connectivity index is 1.77. The molecule has 3 heterocycles. The molecule has 3 rings (SSSR count). The Bertz CT molecular complexity index is 911. The van der Waals surface area contributed by atoms with E-state index in [1.807, 2.05) is 0 Å². The van der Waals surface area contributed by atoms with E-state index in [4.69, 9.17) is 15.3 Å². The van der Waals surface area contributed by atoms with Crippen LogP contribution in [0, 0.1) is 0 Å². The van der Waals surface area contributed by atoms with Crippen LogP contribution in [0.4, 0.5) is 5.13 Å². The molecule has 2 unspecified atom stereocenters. The number of nitrogens with zero attached hydrogens (tertiary/aromatic N) is 3. The maximum absolute atomic E-state index is 12.6. The van der Waals surface area contributed by atoms with Crippen molar-refractivity contribution in [1.29, 1.82) is 0 Å². The fourth-order valence-corrected chi connectivity index (χ4v) is 2.97. The average molecular weight is 411 g/mol. The molecular formula is C14H13N5O8S. The van der Waals surface area contributed by atoms with Crippen molar-refractivity contribution in [3.63, 3.8) is 0 Å². The predicted octanol–water partition coefficient (Wildman–Crippen LogP) is -1.77. The Morgan fingerprint density at radius 2 is 2.29 bits per heavy atom. The fraction of sp³-hybridized carbons (Fsp3) is 0.286. The van der Waals surface area contributed by atoms with Crippen LogP contribution >= 0.6 is 11.3 Å². The van der Waals surface area contributed by atoms with Gasteiger partial charge in [-0.1, -0.05) is 5.16 Å². The Morgan fingerprint density at radius 1 is 1.54 bits per heavy atom. The molecule has 2 aliphatic heterocycles. The summed E-state index contributed by atoms with van der Waals surface area (Å²) in [7, 11) is 1.21. The fourth-order valence-electron chi connectivity index (χ4n) is 2.42. The molecule has 0 bridgehead atoms. The topological polar surface area (TPSA) is 183 Å². The number of carboxylic acids is 1. The Labute approximate surface area is 160 Å². The number of esters is 1. The minimum Gasteiger partial charge on any atom is -0.476 e. The number of hydrogen-bond acceptors (Lipinski definition) is 11. The highest BCUT2D eigenvalue weighted by molar-refractivity contribution is 7.13. The number of thiazole rings is 1. The van der Waals surface area contributed by atoms with Crippen molar-refractivity contribution in [2.45, 2.75) is 11.8 Å². The van der Waals surface area contributed by atoms with E-state index < -0.39 is 42.1 Å². The highest BCUT2D eigenvalue weighted by Crippen LogP contribution is 2.29. The number of amides is 2. The molecule has 0 radical (unpaired) electrons. The van der Waals surface area contributed by atoms with Crippen LogP contribution in [-0.2, 0) is 33.6 Å². The van der Waals surface area contributed by atoms with Gasteiger partial charge in [-0.05, 0) is 0 Å². The first-order chi connectivity index (χ1) is 13.3. The van der Waals surface area contributed by atoms with Gasteiger partial charge in [0.05, 0.1) is 0 Å². The van der Waals surface area contributed by atoms with Gasteiger partial charge in [-0.25, -0.2) is 14.6 Å². The molecule has 0 aromatic carbocycles. The van der Waals surface area contributed by atoms with Gasteiger partial charge in [0.25, 0.3) is 11.8 Å². The number of rotatable bonds is 6. The number of oxime groups is 1. The third-order valence-corrected chi connectivity index (χ3v) is 4.32. The second-order valence-electron chi connectivity index (χ2n) is 5.40. The van der Waals surface area contributed by atoms with Crippen molar-refractivity contribution in [2.75, 3.05) is 19.5 Å². The summed E-state index contributed by atoms with van der Waals surface area (Å²) >= 11 is 1.07. The number of aromatic nitrogens is 1. The number of ether oxygens (including phenoxy) is 1. The number of carbonyl (C=O) groups excluding carboxylic acids is 3. The lowest BCUT2D eigenvalue weighted by atomic mass is 10.2. The zero-order valence-corrected chi connectivity index (χ0v) is 15.0. The summed E-state index contributed by atoms with van der Waals surface area (Å²) < 4.78 is 4.73. The summed E-state index contributed by atoms with van der Waals surface area (Å²) in [6.07, 6.45) is 1.72. The van der Waals surface area contributed by atoms with Gasteiger partial charge in [0.2, 0.25) is 0 Å². The standard InChI is InChI=1S/C14H13N5O8S/c1-25-18-9(7-5-28-13(15)17-7)10(21)16-6-4-26-19(11(6)22)14(12(23)24)3-2-8(20)27-14/h2-3,5-6H,4H2,1H3,(H2,15,17)(H,16,21)(H,23,24)/b18-9-. The first kappa shape index (κ1) is 19.2. The van der Waals surface area contributed by atoms with Crippen LogP contribution in [0.25, 0.3) is 0 Å². The van der Waals surface area contributed by atoms with Gasteiger partial charge in [-0.3, -0.25) is 14.4 Å². The molecule has 0 aliphatic carbocycles. The number of aliphatic carboxylic acids is 1. The number of anilines is 1. The van der Waals surface area contributed by atoms with Crippen LogP contribution < -0.4 is 11.1 Å². The maximum Gasteiger partial charge on any atom is 0.377 e. The number of carbonyl (C=O) groups is 4. The van der Waals surface area contributed by atoms with Crippen LogP contribution in [-0.4, -0.2) is 70.1 Å². The molecule has 2 aliphatic rings. The number of cyclic esters (lactones) is 1. The summed E-state index contributed by atoms with van der Waals surface area (Å²) in [5.41, 5.74) is 2.97. The van der Waals surface area contributed by atoms with E-state index in [1.165, 1.54) is 12.5 Å². The average Bonchev–Trinajstić information content (AvgIpc) is 3.33. The summed E-state index contributed by atoms with van der Waals surface area (Å²) in [5.74, 6) is -4.37. The lowest BCUT2D eigenvalue weighted by Gasteiger charge is -2.29. The third kappa shape index (κ3) is 3.25. The van der Waals surface area contributed by atoms with Crippen LogP contribution in [0.1, 0.15) is 5.69 Å². The Hall–Kier alpha value is -3.52. The maximum atomic E-state index is 12.6. The van der Waals surface area contributed by atoms with Crippen molar-refractivity contribution in [2.24, 2.45) is 5.16 Å². The largest absolute Gasteiger partial charge is 0.476 e. The van der Waals surface area contributed by atoms with Crippen molar-refractivity contribution in [3.05, 3.63) is 23.2 Å². The minimum absolute atomic E-state index is 0.125. The van der Waals surface area contributed by atoms with Gasteiger partial charge < -0.3 is 25.7 Å². The van der Waals surface area contributed by atoms with E-state index in [-0.39, 0.29) is 16.5 Å². The summed E-state index contributed by atoms with van der Waals surface area (Å²) in [6, 6.07) is -1.27. The molecule has 1 saturated heterocycles.